The van der Waals surface area contributed by atoms with Crippen LogP contribution >= 0.6 is 0 Å². The molecule has 4 rings (SSSR count). The average molecular weight is 482 g/mol. The molecule has 2 aromatic carbocycles. The maximum atomic E-state index is 13.8. The van der Waals surface area contributed by atoms with E-state index in [2.05, 4.69) is 5.32 Å². The van der Waals surface area contributed by atoms with E-state index in [1.54, 1.807) is 21.9 Å². The number of carbonyl (C=O) groups is 3. The number of nitrogens with zero attached hydrogens (tertiary/aromatic N) is 2. The van der Waals surface area contributed by atoms with Crippen LogP contribution in [0.3, 0.4) is 0 Å². The molecule has 2 aliphatic rings. The van der Waals surface area contributed by atoms with Gasteiger partial charge in [0.1, 0.15) is 0 Å². The number of amides is 3. The quantitative estimate of drug-likeness (QED) is 0.629. The number of nitrogens with one attached hydrogen (secondary N) is 1. The minimum absolute atomic E-state index is 0.0496. The van der Waals surface area contributed by atoms with Gasteiger partial charge < -0.3 is 19.9 Å². The van der Waals surface area contributed by atoms with Crippen molar-refractivity contribution in [2.45, 2.75) is 51.1 Å². The monoisotopic (exact) mass is 481 g/mol. The molecule has 2 fully saturated rings. The fraction of sp³-hybridized carbons (Fsp3) is 0.444. The van der Waals surface area contributed by atoms with Gasteiger partial charge in [-0.05, 0) is 49.4 Å². The molecule has 0 aliphatic carbocycles. The van der Waals surface area contributed by atoms with Gasteiger partial charge in [-0.1, -0.05) is 35.9 Å². The first-order valence-electron chi connectivity index (χ1n) is 12.0. The number of halogens is 1. The predicted octanol–water partition coefficient (Wildman–Crippen LogP) is 2.99. The Morgan fingerprint density at radius 2 is 1.86 bits per heavy atom. The van der Waals surface area contributed by atoms with Crippen LogP contribution in [0.5, 0.6) is 5.75 Å². The summed E-state index contributed by atoms with van der Waals surface area (Å²) in [5.41, 5.74) is 2.50. The Labute approximate surface area is 205 Å². The van der Waals surface area contributed by atoms with Crippen LogP contribution in [-0.4, -0.2) is 59.8 Å². The molecular formula is C27H32FN3O4. The summed E-state index contributed by atoms with van der Waals surface area (Å²) in [7, 11) is 1.41. The highest BCUT2D eigenvalue weighted by Crippen LogP contribution is 2.31. The third-order valence-corrected chi connectivity index (χ3v) is 6.98. The van der Waals surface area contributed by atoms with Gasteiger partial charge in [0.25, 0.3) is 0 Å². The molecule has 0 unspecified atom stereocenters. The highest BCUT2D eigenvalue weighted by Gasteiger charge is 2.39. The first kappa shape index (κ1) is 24.7. The highest BCUT2D eigenvalue weighted by molar-refractivity contribution is 5.86. The molecule has 0 bridgehead atoms. The zero-order valence-corrected chi connectivity index (χ0v) is 20.3. The van der Waals surface area contributed by atoms with Crippen LogP contribution in [0.1, 0.15) is 42.4 Å². The normalized spacial score (nSPS) is 20.2. The van der Waals surface area contributed by atoms with E-state index in [4.69, 9.17) is 4.74 Å². The highest BCUT2D eigenvalue weighted by atomic mass is 19.1. The zero-order valence-electron chi connectivity index (χ0n) is 20.3. The third-order valence-electron chi connectivity index (χ3n) is 6.98. The molecule has 0 radical (unpaired) electrons. The molecule has 2 saturated heterocycles. The van der Waals surface area contributed by atoms with Crippen molar-refractivity contribution in [3.63, 3.8) is 0 Å². The summed E-state index contributed by atoms with van der Waals surface area (Å²) >= 11 is 0. The van der Waals surface area contributed by atoms with Crippen molar-refractivity contribution in [2.24, 2.45) is 0 Å². The molecule has 3 amide bonds. The number of carbonyl (C=O) groups excluding carboxylic acids is 3. The molecule has 2 aromatic rings. The molecule has 2 heterocycles. The molecule has 0 spiro atoms. The van der Waals surface area contributed by atoms with E-state index < -0.39 is 11.4 Å². The summed E-state index contributed by atoms with van der Waals surface area (Å²) in [5, 5.41) is 3.05. The average Bonchev–Trinajstić information content (AvgIpc) is 3.21. The van der Waals surface area contributed by atoms with Crippen LogP contribution in [-0.2, 0) is 27.3 Å². The van der Waals surface area contributed by atoms with Gasteiger partial charge in [0.15, 0.2) is 11.6 Å². The van der Waals surface area contributed by atoms with Crippen LogP contribution in [0.25, 0.3) is 0 Å². The standard InChI is InChI=1S/C27H32FN3O4/c1-19-3-5-20(6-4-19)17-30-13-14-31(18-26(30)34)25(33)10-12-27(11-9-24(32)29-27)16-21-7-8-22(28)23(15-21)35-2/h3-8,15H,9-14,16-18H2,1-2H3,(H,29,32)/t27-/m0/s1. The number of ether oxygens (including phenoxy) is 1. The molecule has 2 aliphatic heterocycles. The van der Waals surface area contributed by atoms with Crippen LogP contribution in [0, 0.1) is 12.7 Å². The lowest BCUT2D eigenvalue weighted by Crippen LogP contribution is -2.52. The summed E-state index contributed by atoms with van der Waals surface area (Å²) in [4.78, 5) is 41.2. The fourth-order valence-corrected chi connectivity index (χ4v) is 4.89. The first-order valence-corrected chi connectivity index (χ1v) is 12.0. The summed E-state index contributed by atoms with van der Waals surface area (Å²) in [5.74, 6) is -0.494. The van der Waals surface area contributed by atoms with E-state index in [9.17, 15) is 18.8 Å². The second kappa shape index (κ2) is 10.5. The van der Waals surface area contributed by atoms with Crippen LogP contribution in [0.15, 0.2) is 42.5 Å². The number of benzene rings is 2. The third kappa shape index (κ3) is 5.99. The Balaban J connectivity index is 1.35. The SMILES string of the molecule is COc1cc(C[C@@]2(CCC(=O)N3CCN(Cc4ccc(C)cc4)C(=O)C3)CCC(=O)N2)ccc1F. The predicted molar refractivity (Wildman–Crippen MR) is 129 cm³/mol. The molecular weight excluding hydrogens is 449 g/mol. The minimum Gasteiger partial charge on any atom is -0.494 e. The van der Waals surface area contributed by atoms with Crippen molar-refractivity contribution in [3.05, 3.63) is 65.0 Å². The van der Waals surface area contributed by atoms with Crippen molar-refractivity contribution in [1.29, 1.82) is 0 Å². The molecule has 0 saturated carbocycles. The zero-order chi connectivity index (χ0) is 25.0. The Morgan fingerprint density at radius 3 is 2.51 bits per heavy atom. The minimum atomic E-state index is -0.577. The van der Waals surface area contributed by atoms with Gasteiger partial charge in [0, 0.05) is 38.0 Å². The molecule has 7 nitrogen and oxygen atoms in total. The lowest BCUT2D eigenvalue weighted by Gasteiger charge is -2.35. The maximum Gasteiger partial charge on any atom is 0.242 e. The lowest BCUT2D eigenvalue weighted by atomic mass is 9.84. The van der Waals surface area contributed by atoms with Gasteiger partial charge in [-0.2, -0.15) is 0 Å². The van der Waals surface area contributed by atoms with Gasteiger partial charge in [-0.15, -0.1) is 0 Å². The largest absolute Gasteiger partial charge is 0.494 e. The molecule has 186 valence electrons. The van der Waals surface area contributed by atoms with Crippen LogP contribution in [0.2, 0.25) is 0 Å². The Hall–Kier alpha value is -3.42. The molecule has 35 heavy (non-hydrogen) atoms. The van der Waals surface area contributed by atoms with E-state index >= 15 is 0 Å². The molecule has 0 aromatic heterocycles. The Bertz CT molecular complexity index is 1100. The topological polar surface area (TPSA) is 79.0 Å². The van der Waals surface area contributed by atoms with Crippen molar-refractivity contribution < 1.29 is 23.5 Å². The number of aryl methyl sites for hydroxylation is 1. The second-order valence-corrected chi connectivity index (χ2v) is 9.59. The van der Waals surface area contributed by atoms with E-state index in [-0.39, 0.29) is 36.4 Å². The summed E-state index contributed by atoms with van der Waals surface area (Å²) in [6.07, 6.45) is 2.15. The summed E-state index contributed by atoms with van der Waals surface area (Å²) in [6.45, 7) is 3.62. The van der Waals surface area contributed by atoms with Gasteiger partial charge in [0.05, 0.1) is 13.7 Å². The van der Waals surface area contributed by atoms with E-state index in [0.717, 1.165) is 11.1 Å². The van der Waals surface area contributed by atoms with E-state index in [1.807, 2.05) is 31.2 Å². The van der Waals surface area contributed by atoms with E-state index in [1.165, 1.54) is 18.7 Å². The fourth-order valence-electron chi connectivity index (χ4n) is 4.89. The van der Waals surface area contributed by atoms with E-state index in [0.29, 0.717) is 45.3 Å². The van der Waals surface area contributed by atoms with Crippen LogP contribution < -0.4 is 10.1 Å². The van der Waals surface area contributed by atoms with Gasteiger partial charge in [-0.3, -0.25) is 14.4 Å². The first-order chi connectivity index (χ1) is 16.8. The van der Waals surface area contributed by atoms with Crippen molar-refractivity contribution in [1.82, 2.24) is 15.1 Å². The van der Waals surface area contributed by atoms with Crippen molar-refractivity contribution in [3.8, 4) is 5.75 Å². The van der Waals surface area contributed by atoms with Crippen molar-refractivity contribution >= 4 is 17.7 Å². The maximum absolute atomic E-state index is 13.8. The Morgan fingerprint density at radius 1 is 1.11 bits per heavy atom. The smallest absolute Gasteiger partial charge is 0.242 e. The number of rotatable bonds is 8. The Kier molecular flexibility index (Phi) is 7.38. The lowest BCUT2D eigenvalue weighted by molar-refractivity contribution is -0.145. The second-order valence-electron chi connectivity index (χ2n) is 9.59. The number of piperazine rings is 1. The summed E-state index contributed by atoms with van der Waals surface area (Å²) in [6, 6.07) is 12.8. The van der Waals surface area contributed by atoms with Gasteiger partial charge in [-0.25, -0.2) is 4.39 Å². The molecule has 1 N–H and O–H groups in total. The number of methoxy groups -OCH3 is 1. The number of hydrogen-bond donors (Lipinski definition) is 1. The van der Waals surface area contributed by atoms with Crippen LogP contribution in [0.4, 0.5) is 4.39 Å². The summed E-state index contributed by atoms with van der Waals surface area (Å²) < 4.78 is 18.9. The number of hydrogen-bond acceptors (Lipinski definition) is 4. The van der Waals surface area contributed by atoms with Gasteiger partial charge in [0.2, 0.25) is 17.7 Å². The molecule has 1 atom stereocenters. The molecule has 8 heteroatoms. The van der Waals surface area contributed by atoms with Crippen molar-refractivity contribution in [2.75, 3.05) is 26.7 Å². The van der Waals surface area contributed by atoms with Gasteiger partial charge >= 0.3 is 0 Å².